The summed E-state index contributed by atoms with van der Waals surface area (Å²) in [7, 11) is 0. The fourth-order valence-electron chi connectivity index (χ4n) is 0.448. The second-order valence-corrected chi connectivity index (χ2v) is 15.2. The molecule has 0 saturated carbocycles. The van der Waals surface area contributed by atoms with Gasteiger partial charge in [0.05, 0.1) is 0 Å². The van der Waals surface area contributed by atoms with Gasteiger partial charge in [0, 0.05) is 11.6 Å². The van der Waals surface area contributed by atoms with Crippen molar-refractivity contribution in [3.8, 4) is 0 Å². The van der Waals surface area contributed by atoms with E-state index in [1.165, 1.54) is 0 Å². The molecule has 0 aliphatic rings. The Balaban J connectivity index is 5.13. The lowest BCUT2D eigenvalue weighted by Crippen LogP contribution is -2.20. The van der Waals surface area contributed by atoms with E-state index in [-0.39, 0.29) is 5.57 Å². The van der Waals surface area contributed by atoms with Crippen LogP contribution in [0.25, 0.3) is 0 Å². The molecule has 1 N–H and O–H groups in total. The Morgan fingerprint density at radius 2 is 1.62 bits per heavy atom. The van der Waals surface area contributed by atoms with E-state index in [1.807, 2.05) is 67.8 Å². The quantitative estimate of drug-likeness (QED) is 0.300. The Morgan fingerprint density at radius 1 is 1.23 bits per heavy atom. The summed E-state index contributed by atoms with van der Waals surface area (Å²) in [6.07, 6.45) is 0.915. The van der Waals surface area contributed by atoms with E-state index in [0.717, 1.165) is 6.08 Å². The standard InChI is InChI=1S/C5H2Cl3I3O2/c6-4(7,8)2(1-3(12)13)5(9,10)11/h1H,(H,12,13)/b2-1-. The molecular weight excluding hydrogens is 579 g/mol. The number of hydrogen-bond donors (Lipinski definition) is 1. The number of carboxylic acid groups (broad SMARTS) is 1. The molecule has 0 atom stereocenters. The van der Waals surface area contributed by atoms with Crippen LogP contribution in [0.2, 0.25) is 0 Å². The van der Waals surface area contributed by atoms with Gasteiger partial charge < -0.3 is 5.11 Å². The van der Waals surface area contributed by atoms with Crippen molar-refractivity contribution in [2.45, 2.75) is 3.23 Å². The van der Waals surface area contributed by atoms with Gasteiger partial charge in [0.15, 0.2) is 0 Å². The van der Waals surface area contributed by atoms with E-state index >= 15 is 0 Å². The summed E-state index contributed by atoms with van der Waals surface area (Å²) in [6.45, 7) is 0. The molecule has 8 heteroatoms. The number of hydrogen-bond acceptors (Lipinski definition) is 1. The fourth-order valence-corrected chi connectivity index (χ4v) is 4.15. The Bertz CT molecular complexity index is 224. The maximum absolute atomic E-state index is 10.4. The molecule has 0 unspecified atom stereocenters. The molecule has 0 fully saturated rings. The van der Waals surface area contributed by atoms with Crippen molar-refractivity contribution in [3.05, 3.63) is 11.6 Å². The molecule has 0 aliphatic heterocycles. The smallest absolute Gasteiger partial charge is 0.328 e. The molecule has 13 heavy (non-hydrogen) atoms. The summed E-state index contributed by atoms with van der Waals surface area (Å²) >= 11 is 22.8. The third-order valence-corrected chi connectivity index (χ3v) is 3.23. The van der Waals surface area contributed by atoms with Gasteiger partial charge in [-0.15, -0.1) is 0 Å². The van der Waals surface area contributed by atoms with E-state index in [1.54, 1.807) is 0 Å². The number of rotatable bonds is 2. The number of carbonyl (C=O) groups is 1. The minimum Gasteiger partial charge on any atom is -0.478 e. The van der Waals surface area contributed by atoms with Crippen LogP contribution in [-0.2, 0) is 4.79 Å². The number of halogens is 6. The van der Waals surface area contributed by atoms with Crippen molar-refractivity contribution in [2.24, 2.45) is 0 Å². The minimum atomic E-state index is -1.69. The summed E-state index contributed by atoms with van der Waals surface area (Å²) in [6, 6.07) is 0. The third-order valence-electron chi connectivity index (χ3n) is 0.879. The van der Waals surface area contributed by atoms with Gasteiger partial charge in [-0.05, 0) is 0 Å². The van der Waals surface area contributed by atoms with E-state index in [9.17, 15) is 4.79 Å². The summed E-state index contributed by atoms with van der Waals surface area (Å²) < 4.78 is -2.26. The number of carboxylic acids is 1. The Hall–Kier alpha value is 2.27. The van der Waals surface area contributed by atoms with Crippen molar-refractivity contribution in [1.82, 2.24) is 0 Å². The average molecular weight is 581 g/mol. The van der Waals surface area contributed by atoms with Crippen molar-refractivity contribution in [2.75, 3.05) is 0 Å². The zero-order chi connectivity index (χ0) is 10.9. The van der Waals surface area contributed by atoms with Crippen LogP contribution < -0.4 is 0 Å². The van der Waals surface area contributed by atoms with Gasteiger partial charge in [-0.1, -0.05) is 103 Å². The van der Waals surface area contributed by atoms with Gasteiger partial charge in [-0.3, -0.25) is 0 Å². The zero-order valence-electron chi connectivity index (χ0n) is 5.70. The highest BCUT2D eigenvalue weighted by atomic mass is 127. The first kappa shape index (κ1) is 15.3. The van der Waals surface area contributed by atoms with Gasteiger partial charge in [0.25, 0.3) is 0 Å². The molecule has 0 spiro atoms. The Labute approximate surface area is 131 Å². The minimum absolute atomic E-state index is 0.222. The predicted octanol–water partition coefficient (Wildman–Crippen LogP) is 4.33. The Morgan fingerprint density at radius 3 is 1.69 bits per heavy atom. The van der Waals surface area contributed by atoms with Crippen LogP contribution >= 0.6 is 103 Å². The van der Waals surface area contributed by atoms with Crippen molar-refractivity contribution >= 4 is 109 Å². The Kier molecular flexibility index (Phi) is 6.52. The third kappa shape index (κ3) is 6.44. The van der Waals surface area contributed by atoms with E-state index in [2.05, 4.69) is 0 Å². The largest absolute Gasteiger partial charge is 0.478 e. The lowest BCUT2D eigenvalue weighted by Gasteiger charge is -2.23. The fraction of sp³-hybridized carbons (Fsp3) is 0.400. The van der Waals surface area contributed by atoms with E-state index in [0.29, 0.717) is 0 Å². The SMILES string of the molecule is O=C(O)/C=C(/C(Cl)(Cl)Cl)C(I)(I)I. The second kappa shape index (κ2) is 5.55. The number of allylic oxidation sites excluding steroid dienone is 1. The molecule has 0 aromatic heterocycles. The number of alkyl halides is 6. The van der Waals surface area contributed by atoms with Crippen LogP contribution in [0.4, 0.5) is 0 Å². The van der Waals surface area contributed by atoms with Crippen molar-refractivity contribution in [1.29, 1.82) is 0 Å². The average Bonchev–Trinajstić information content (AvgIpc) is 1.77. The summed E-state index contributed by atoms with van der Waals surface area (Å²) in [5.41, 5.74) is 0.222. The lowest BCUT2D eigenvalue weighted by molar-refractivity contribution is -0.131. The highest BCUT2D eigenvalue weighted by Crippen LogP contribution is 2.52. The van der Waals surface area contributed by atoms with Crippen molar-refractivity contribution in [3.63, 3.8) is 0 Å². The maximum atomic E-state index is 10.4. The highest BCUT2D eigenvalue weighted by molar-refractivity contribution is 14.3. The van der Waals surface area contributed by atoms with E-state index < -0.39 is 9.20 Å². The molecule has 0 bridgehead atoms. The zero-order valence-corrected chi connectivity index (χ0v) is 14.4. The summed E-state index contributed by atoms with van der Waals surface area (Å²) in [4.78, 5) is 10.4. The molecule has 0 rings (SSSR count). The highest BCUT2D eigenvalue weighted by Gasteiger charge is 2.39. The first-order valence-corrected chi connectivity index (χ1v) is 7.01. The molecule has 2 nitrogen and oxygen atoms in total. The molecular formula is C5H2Cl3I3O2. The molecule has 76 valence electrons. The molecule has 0 amide bonds. The van der Waals surface area contributed by atoms with Crippen LogP contribution in [0.5, 0.6) is 0 Å². The van der Waals surface area contributed by atoms with E-state index in [4.69, 9.17) is 39.9 Å². The molecule has 0 aromatic carbocycles. The van der Waals surface area contributed by atoms with Crippen LogP contribution in [-0.4, -0.2) is 14.3 Å². The first-order chi connectivity index (χ1) is 5.55. The summed E-state index contributed by atoms with van der Waals surface area (Å²) in [5.74, 6) is -1.13. The monoisotopic (exact) mass is 580 g/mol. The maximum Gasteiger partial charge on any atom is 0.328 e. The van der Waals surface area contributed by atoms with Gasteiger partial charge in [-0.25, -0.2) is 4.79 Å². The first-order valence-electron chi connectivity index (χ1n) is 2.64. The van der Waals surface area contributed by atoms with Crippen LogP contribution in [0, 0.1) is 0 Å². The van der Waals surface area contributed by atoms with Crippen LogP contribution in [0.15, 0.2) is 11.6 Å². The second-order valence-electron chi connectivity index (χ2n) is 1.89. The number of aliphatic carboxylic acids is 1. The van der Waals surface area contributed by atoms with Crippen molar-refractivity contribution < 1.29 is 9.90 Å². The normalized spacial score (nSPS) is 14.5. The molecule has 0 radical (unpaired) electrons. The predicted molar refractivity (Wildman–Crippen MR) is 80.8 cm³/mol. The lowest BCUT2D eigenvalue weighted by atomic mass is 10.3. The summed E-state index contributed by atoms with van der Waals surface area (Å²) in [5, 5.41) is 8.55. The van der Waals surface area contributed by atoms with Gasteiger partial charge in [0.2, 0.25) is 3.79 Å². The molecule has 0 heterocycles. The van der Waals surface area contributed by atoms with Crippen LogP contribution in [0.3, 0.4) is 0 Å². The molecule has 0 saturated heterocycles. The topological polar surface area (TPSA) is 37.3 Å². The van der Waals surface area contributed by atoms with Gasteiger partial charge in [0.1, 0.15) is -0.565 Å². The molecule has 0 aromatic rings. The van der Waals surface area contributed by atoms with Crippen LogP contribution in [0.1, 0.15) is 0 Å². The molecule has 0 aliphatic carbocycles. The van der Waals surface area contributed by atoms with Gasteiger partial charge in [-0.2, -0.15) is 0 Å². The van der Waals surface area contributed by atoms with Gasteiger partial charge >= 0.3 is 5.97 Å².